The van der Waals surface area contributed by atoms with Gasteiger partial charge in [-0.2, -0.15) is 4.31 Å². The van der Waals surface area contributed by atoms with E-state index in [1.165, 1.54) is 4.31 Å². The van der Waals surface area contributed by atoms with Gasteiger partial charge in [0.2, 0.25) is 10.0 Å². The van der Waals surface area contributed by atoms with Crippen LogP contribution in [0.1, 0.15) is 13.3 Å². The van der Waals surface area contributed by atoms with E-state index in [2.05, 4.69) is 15.9 Å². The molecule has 0 aliphatic heterocycles. The Bertz CT molecular complexity index is 508. The molecule has 0 bridgehead atoms. The van der Waals surface area contributed by atoms with E-state index >= 15 is 0 Å². The van der Waals surface area contributed by atoms with Crippen LogP contribution in [-0.4, -0.2) is 31.1 Å². The second-order valence-corrected chi connectivity index (χ2v) is 6.31. The Morgan fingerprint density at radius 1 is 1.33 bits per heavy atom. The lowest BCUT2D eigenvalue weighted by molar-refractivity contribution is 0.423. The number of alkyl halides is 1. The van der Waals surface area contributed by atoms with Crippen LogP contribution in [0.25, 0.3) is 0 Å². The second-order valence-electron chi connectivity index (χ2n) is 3.61. The minimum atomic E-state index is -3.90. The van der Waals surface area contributed by atoms with Gasteiger partial charge in [0.05, 0.1) is 0 Å². The molecule has 18 heavy (non-hydrogen) atoms. The molecule has 0 heterocycles. The summed E-state index contributed by atoms with van der Waals surface area (Å²) in [5, 5.41) is 0.658. The van der Waals surface area contributed by atoms with Gasteiger partial charge in [-0.25, -0.2) is 17.2 Å². The van der Waals surface area contributed by atoms with Gasteiger partial charge in [-0.1, -0.05) is 22.9 Å². The Kier molecular flexibility index (Phi) is 5.68. The SMILES string of the molecule is CCN(CCCBr)S(=O)(=O)c1ccc(F)cc1F. The fourth-order valence-electron chi connectivity index (χ4n) is 1.51. The van der Waals surface area contributed by atoms with Gasteiger partial charge >= 0.3 is 0 Å². The van der Waals surface area contributed by atoms with E-state index in [-0.39, 0.29) is 6.54 Å². The highest BCUT2D eigenvalue weighted by molar-refractivity contribution is 9.09. The summed E-state index contributed by atoms with van der Waals surface area (Å²) in [5.41, 5.74) is 0. The van der Waals surface area contributed by atoms with E-state index in [4.69, 9.17) is 0 Å². The van der Waals surface area contributed by atoms with E-state index in [9.17, 15) is 17.2 Å². The number of nitrogens with zero attached hydrogens (tertiary/aromatic N) is 1. The fraction of sp³-hybridized carbons (Fsp3) is 0.455. The molecule has 1 aromatic rings. The number of halogens is 3. The van der Waals surface area contributed by atoms with Crippen molar-refractivity contribution in [2.24, 2.45) is 0 Å². The minimum absolute atomic E-state index is 0.242. The lowest BCUT2D eigenvalue weighted by Gasteiger charge is -2.20. The molecular formula is C11H14BrF2NO2S. The van der Waals surface area contributed by atoms with Crippen molar-refractivity contribution in [2.45, 2.75) is 18.2 Å². The molecule has 0 saturated heterocycles. The van der Waals surface area contributed by atoms with E-state index < -0.39 is 26.6 Å². The molecule has 0 aliphatic carbocycles. The molecule has 1 aromatic carbocycles. The van der Waals surface area contributed by atoms with Gasteiger partial charge in [0.1, 0.15) is 16.5 Å². The summed E-state index contributed by atoms with van der Waals surface area (Å²) < 4.78 is 51.7. The molecule has 0 unspecified atom stereocenters. The zero-order valence-electron chi connectivity index (χ0n) is 9.87. The Balaban J connectivity index is 3.10. The van der Waals surface area contributed by atoms with Crippen LogP contribution in [-0.2, 0) is 10.0 Å². The Labute approximate surface area is 114 Å². The van der Waals surface area contributed by atoms with Crippen LogP contribution in [0.15, 0.2) is 23.1 Å². The number of benzene rings is 1. The number of rotatable bonds is 6. The van der Waals surface area contributed by atoms with Crippen LogP contribution in [0.3, 0.4) is 0 Å². The molecule has 0 aromatic heterocycles. The zero-order chi connectivity index (χ0) is 13.8. The first-order valence-electron chi connectivity index (χ1n) is 5.44. The Morgan fingerprint density at radius 3 is 2.50 bits per heavy atom. The minimum Gasteiger partial charge on any atom is -0.207 e. The first kappa shape index (κ1) is 15.5. The van der Waals surface area contributed by atoms with Gasteiger partial charge in [-0.05, 0) is 18.6 Å². The highest BCUT2D eigenvalue weighted by Gasteiger charge is 2.26. The lowest BCUT2D eigenvalue weighted by Crippen LogP contribution is -2.32. The van der Waals surface area contributed by atoms with Gasteiger partial charge in [0, 0.05) is 24.5 Å². The van der Waals surface area contributed by atoms with Gasteiger partial charge < -0.3 is 0 Å². The first-order chi connectivity index (χ1) is 8.43. The molecule has 0 radical (unpaired) electrons. The van der Waals surface area contributed by atoms with Crippen LogP contribution in [0.4, 0.5) is 8.78 Å². The molecule has 1 rings (SSSR count). The van der Waals surface area contributed by atoms with Crippen LogP contribution in [0.2, 0.25) is 0 Å². The molecule has 0 saturated carbocycles. The quantitative estimate of drug-likeness (QED) is 0.746. The molecule has 0 fully saturated rings. The van der Waals surface area contributed by atoms with Crippen LogP contribution >= 0.6 is 15.9 Å². The number of hydrogen-bond acceptors (Lipinski definition) is 2. The average molecular weight is 342 g/mol. The van der Waals surface area contributed by atoms with Crippen LogP contribution in [0.5, 0.6) is 0 Å². The number of sulfonamides is 1. The predicted molar refractivity (Wildman–Crippen MR) is 69.2 cm³/mol. The van der Waals surface area contributed by atoms with Crippen LogP contribution < -0.4 is 0 Å². The van der Waals surface area contributed by atoms with Gasteiger partial charge in [0.25, 0.3) is 0 Å². The van der Waals surface area contributed by atoms with Crippen molar-refractivity contribution in [3.8, 4) is 0 Å². The first-order valence-corrected chi connectivity index (χ1v) is 8.00. The van der Waals surface area contributed by atoms with Gasteiger partial charge in [0.15, 0.2) is 0 Å². The standard InChI is InChI=1S/C11H14BrF2NO2S/c1-2-15(7-3-6-12)18(16,17)11-5-4-9(13)8-10(11)14/h4-5,8H,2-3,6-7H2,1H3. The molecule has 0 N–H and O–H groups in total. The van der Waals surface area contributed by atoms with Crippen molar-refractivity contribution < 1.29 is 17.2 Å². The summed E-state index contributed by atoms with van der Waals surface area (Å²) in [5.74, 6) is -1.86. The fourth-order valence-corrected chi connectivity index (χ4v) is 3.29. The van der Waals surface area contributed by atoms with Crippen molar-refractivity contribution in [2.75, 3.05) is 18.4 Å². The lowest BCUT2D eigenvalue weighted by atomic mass is 10.3. The summed E-state index contributed by atoms with van der Waals surface area (Å²) >= 11 is 3.21. The van der Waals surface area contributed by atoms with Crippen LogP contribution in [0, 0.1) is 11.6 Å². The third kappa shape index (κ3) is 3.49. The number of hydrogen-bond donors (Lipinski definition) is 0. The van der Waals surface area contributed by atoms with Crippen molar-refractivity contribution in [1.82, 2.24) is 4.31 Å². The predicted octanol–water partition coefficient (Wildman–Crippen LogP) is 2.76. The summed E-state index contributed by atoms with van der Waals surface area (Å²) in [6.45, 7) is 2.21. The monoisotopic (exact) mass is 341 g/mol. The molecule has 3 nitrogen and oxygen atoms in total. The van der Waals surface area contributed by atoms with E-state index in [0.29, 0.717) is 24.4 Å². The van der Waals surface area contributed by atoms with Gasteiger partial charge in [-0.3, -0.25) is 0 Å². The normalized spacial score (nSPS) is 12.1. The Hall–Kier alpha value is -0.530. The van der Waals surface area contributed by atoms with E-state index in [1.807, 2.05) is 0 Å². The largest absolute Gasteiger partial charge is 0.245 e. The maximum atomic E-state index is 13.5. The molecular weight excluding hydrogens is 328 g/mol. The maximum Gasteiger partial charge on any atom is 0.245 e. The van der Waals surface area contributed by atoms with Crippen molar-refractivity contribution in [3.63, 3.8) is 0 Å². The van der Waals surface area contributed by atoms with Crippen molar-refractivity contribution >= 4 is 26.0 Å². The molecule has 0 atom stereocenters. The zero-order valence-corrected chi connectivity index (χ0v) is 12.3. The Morgan fingerprint density at radius 2 is 2.00 bits per heavy atom. The highest BCUT2D eigenvalue weighted by atomic mass is 79.9. The average Bonchev–Trinajstić information content (AvgIpc) is 2.29. The summed E-state index contributed by atoms with van der Waals surface area (Å²) in [6, 6.07) is 2.47. The van der Waals surface area contributed by atoms with Crippen molar-refractivity contribution in [1.29, 1.82) is 0 Å². The van der Waals surface area contributed by atoms with E-state index in [0.717, 1.165) is 12.1 Å². The maximum absolute atomic E-state index is 13.5. The smallest absolute Gasteiger partial charge is 0.207 e. The summed E-state index contributed by atoms with van der Waals surface area (Å²) in [4.78, 5) is -0.486. The molecule has 102 valence electrons. The molecule has 0 spiro atoms. The summed E-state index contributed by atoms with van der Waals surface area (Å²) in [7, 11) is -3.90. The van der Waals surface area contributed by atoms with Crippen molar-refractivity contribution in [3.05, 3.63) is 29.8 Å². The van der Waals surface area contributed by atoms with E-state index in [1.54, 1.807) is 6.92 Å². The van der Waals surface area contributed by atoms with Gasteiger partial charge in [-0.15, -0.1) is 0 Å². The molecule has 7 heteroatoms. The third-order valence-electron chi connectivity index (χ3n) is 2.41. The highest BCUT2D eigenvalue weighted by Crippen LogP contribution is 2.20. The topological polar surface area (TPSA) is 37.4 Å². The third-order valence-corrected chi connectivity index (χ3v) is 4.97. The summed E-state index contributed by atoms with van der Waals surface area (Å²) in [6.07, 6.45) is 0.621. The second kappa shape index (κ2) is 6.58. The molecule has 0 amide bonds. The molecule has 0 aliphatic rings.